The third-order valence-electron chi connectivity index (χ3n) is 3.65. The highest BCUT2D eigenvalue weighted by molar-refractivity contribution is 5.94. The standard InChI is InChI=1S/C19H26N2O3/c1-14(2)13-24-16-9-7-15(8-10-16)19(22)20-12-17(21(3)4)18-6-5-11-23-18/h5-11,14,17H,12-13H2,1-4H3,(H,20,22). The average Bonchev–Trinajstić information content (AvgIpc) is 3.07. The first-order valence-electron chi connectivity index (χ1n) is 8.18. The SMILES string of the molecule is CC(C)COc1ccc(C(=O)NCC(c2ccco2)N(C)C)cc1. The van der Waals surface area contributed by atoms with Gasteiger partial charge < -0.3 is 14.5 Å². The number of rotatable bonds is 8. The number of ether oxygens (including phenoxy) is 1. The van der Waals surface area contributed by atoms with Gasteiger partial charge >= 0.3 is 0 Å². The molecule has 0 aliphatic carbocycles. The molecular formula is C19H26N2O3. The number of carbonyl (C=O) groups is 1. The molecule has 2 rings (SSSR count). The van der Waals surface area contributed by atoms with Crippen molar-refractivity contribution in [3.8, 4) is 5.75 Å². The molecule has 24 heavy (non-hydrogen) atoms. The van der Waals surface area contributed by atoms with E-state index in [1.54, 1.807) is 18.4 Å². The zero-order chi connectivity index (χ0) is 17.5. The zero-order valence-electron chi connectivity index (χ0n) is 14.8. The van der Waals surface area contributed by atoms with E-state index in [1.165, 1.54) is 0 Å². The lowest BCUT2D eigenvalue weighted by molar-refractivity contribution is 0.0939. The second-order valence-electron chi connectivity index (χ2n) is 6.43. The van der Waals surface area contributed by atoms with Gasteiger partial charge in [-0.2, -0.15) is 0 Å². The Morgan fingerprint density at radius 2 is 1.92 bits per heavy atom. The molecule has 1 N–H and O–H groups in total. The lowest BCUT2D eigenvalue weighted by Gasteiger charge is -2.22. The Balaban J connectivity index is 1.92. The number of likely N-dealkylation sites (N-methyl/N-ethyl adjacent to an activating group) is 1. The van der Waals surface area contributed by atoms with Gasteiger partial charge in [0.25, 0.3) is 5.91 Å². The van der Waals surface area contributed by atoms with Gasteiger partial charge in [0.1, 0.15) is 11.5 Å². The highest BCUT2D eigenvalue weighted by Gasteiger charge is 2.18. The smallest absolute Gasteiger partial charge is 0.251 e. The summed E-state index contributed by atoms with van der Waals surface area (Å²) in [5.41, 5.74) is 0.615. The third-order valence-corrected chi connectivity index (χ3v) is 3.65. The Hall–Kier alpha value is -2.27. The van der Waals surface area contributed by atoms with Crippen molar-refractivity contribution >= 4 is 5.91 Å². The molecule has 0 radical (unpaired) electrons. The van der Waals surface area contributed by atoms with Crippen molar-refractivity contribution in [3.05, 3.63) is 54.0 Å². The fraction of sp³-hybridized carbons (Fsp3) is 0.421. The van der Waals surface area contributed by atoms with Crippen molar-refractivity contribution in [1.29, 1.82) is 0 Å². The quantitative estimate of drug-likeness (QED) is 0.806. The minimum absolute atomic E-state index is 0.00222. The minimum atomic E-state index is -0.108. The maximum absolute atomic E-state index is 12.3. The number of carbonyl (C=O) groups excluding carboxylic acids is 1. The molecule has 1 aromatic heterocycles. The average molecular weight is 330 g/mol. The highest BCUT2D eigenvalue weighted by Crippen LogP contribution is 2.18. The van der Waals surface area contributed by atoms with Crippen molar-refractivity contribution < 1.29 is 13.9 Å². The monoisotopic (exact) mass is 330 g/mol. The Morgan fingerprint density at radius 3 is 2.46 bits per heavy atom. The summed E-state index contributed by atoms with van der Waals surface area (Å²) in [7, 11) is 3.92. The Kier molecular flexibility index (Phi) is 6.44. The van der Waals surface area contributed by atoms with Crippen LogP contribution in [0.2, 0.25) is 0 Å². The van der Waals surface area contributed by atoms with Gasteiger partial charge in [-0.15, -0.1) is 0 Å². The summed E-state index contributed by atoms with van der Waals surface area (Å²) in [4.78, 5) is 14.3. The van der Waals surface area contributed by atoms with E-state index in [0.29, 0.717) is 24.6 Å². The number of nitrogens with one attached hydrogen (secondary N) is 1. The fourth-order valence-electron chi connectivity index (χ4n) is 2.28. The molecule has 1 aromatic carbocycles. The van der Waals surface area contributed by atoms with Crippen LogP contribution >= 0.6 is 0 Å². The van der Waals surface area contributed by atoms with Crippen molar-refractivity contribution in [3.63, 3.8) is 0 Å². The van der Waals surface area contributed by atoms with Gasteiger partial charge in [-0.05, 0) is 56.4 Å². The predicted molar refractivity (Wildman–Crippen MR) is 94.2 cm³/mol. The molecule has 0 saturated carbocycles. The van der Waals surface area contributed by atoms with Crippen molar-refractivity contribution in [2.75, 3.05) is 27.2 Å². The first kappa shape index (κ1) is 18.1. The lowest BCUT2D eigenvalue weighted by Crippen LogP contribution is -2.34. The maximum Gasteiger partial charge on any atom is 0.251 e. The van der Waals surface area contributed by atoms with Crippen LogP contribution in [0, 0.1) is 5.92 Å². The van der Waals surface area contributed by atoms with Gasteiger partial charge in [0, 0.05) is 12.1 Å². The molecule has 5 nitrogen and oxygen atoms in total. The van der Waals surface area contributed by atoms with Crippen LogP contribution in [-0.2, 0) is 0 Å². The van der Waals surface area contributed by atoms with Gasteiger partial charge in [-0.1, -0.05) is 13.8 Å². The summed E-state index contributed by atoms with van der Waals surface area (Å²) in [5.74, 6) is 1.97. The second-order valence-corrected chi connectivity index (χ2v) is 6.43. The number of nitrogens with zero attached hydrogens (tertiary/aromatic N) is 1. The van der Waals surface area contributed by atoms with Crippen LogP contribution in [0.1, 0.15) is 36.0 Å². The Labute approximate surface area is 143 Å². The summed E-state index contributed by atoms with van der Waals surface area (Å²) < 4.78 is 11.1. The summed E-state index contributed by atoms with van der Waals surface area (Å²) in [6.07, 6.45) is 1.64. The normalized spacial score (nSPS) is 12.4. The molecule has 1 amide bonds. The van der Waals surface area contributed by atoms with Crippen LogP contribution in [0.5, 0.6) is 5.75 Å². The van der Waals surface area contributed by atoms with Crippen molar-refractivity contribution in [1.82, 2.24) is 10.2 Å². The molecule has 2 aromatic rings. The number of hydrogen-bond donors (Lipinski definition) is 1. The molecule has 0 aliphatic rings. The van der Waals surface area contributed by atoms with E-state index in [1.807, 2.05) is 43.3 Å². The zero-order valence-corrected chi connectivity index (χ0v) is 14.8. The molecule has 0 aliphatic heterocycles. The van der Waals surface area contributed by atoms with Gasteiger partial charge in [0.05, 0.1) is 18.9 Å². The first-order valence-corrected chi connectivity index (χ1v) is 8.18. The van der Waals surface area contributed by atoms with Gasteiger partial charge in [0.15, 0.2) is 0 Å². The van der Waals surface area contributed by atoms with E-state index in [2.05, 4.69) is 19.2 Å². The second kappa shape index (κ2) is 8.55. The molecule has 1 atom stereocenters. The van der Waals surface area contributed by atoms with Crippen LogP contribution in [0.25, 0.3) is 0 Å². The number of furan rings is 1. The van der Waals surface area contributed by atoms with E-state index in [9.17, 15) is 4.79 Å². The fourth-order valence-corrected chi connectivity index (χ4v) is 2.28. The number of benzene rings is 1. The van der Waals surface area contributed by atoms with Crippen LogP contribution in [0.4, 0.5) is 0 Å². The van der Waals surface area contributed by atoms with Crippen LogP contribution in [0.15, 0.2) is 47.1 Å². The molecule has 0 fully saturated rings. The van der Waals surface area contributed by atoms with E-state index in [-0.39, 0.29) is 11.9 Å². The van der Waals surface area contributed by atoms with E-state index < -0.39 is 0 Å². The molecule has 0 bridgehead atoms. The maximum atomic E-state index is 12.3. The molecule has 1 heterocycles. The van der Waals surface area contributed by atoms with Gasteiger partial charge in [-0.3, -0.25) is 9.69 Å². The van der Waals surface area contributed by atoms with Gasteiger partial charge in [-0.25, -0.2) is 0 Å². The minimum Gasteiger partial charge on any atom is -0.493 e. The summed E-state index contributed by atoms with van der Waals surface area (Å²) in [6, 6.07) is 11.0. The topological polar surface area (TPSA) is 54.7 Å². The summed E-state index contributed by atoms with van der Waals surface area (Å²) >= 11 is 0. The molecule has 5 heteroatoms. The van der Waals surface area contributed by atoms with Crippen LogP contribution < -0.4 is 10.1 Å². The van der Waals surface area contributed by atoms with Crippen LogP contribution in [0.3, 0.4) is 0 Å². The molecule has 1 unspecified atom stereocenters. The Bertz CT molecular complexity index is 619. The number of amides is 1. The van der Waals surface area contributed by atoms with Gasteiger partial charge in [0.2, 0.25) is 0 Å². The molecule has 0 saturated heterocycles. The Morgan fingerprint density at radius 1 is 1.21 bits per heavy atom. The third kappa shape index (κ3) is 5.13. The number of hydrogen-bond acceptors (Lipinski definition) is 4. The van der Waals surface area contributed by atoms with E-state index >= 15 is 0 Å². The van der Waals surface area contributed by atoms with E-state index in [4.69, 9.17) is 9.15 Å². The first-order chi connectivity index (χ1) is 11.5. The van der Waals surface area contributed by atoms with Crippen molar-refractivity contribution in [2.24, 2.45) is 5.92 Å². The molecular weight excluding hydrogens is 304 g/mol. The molecule has 0 spiro atoms. The summed E-state index contributed by atoms with van der Waals surface area (Å²) in [5, 5.41) is 2.96. The largest absolute Gasteiger partial charge is 0.493 e. The van der Waals surface area contributed by atoms with E-state index in [0.717, 1.165) is 11.5 Å². The summed E-state index contributed by atoms with van der Waals surface area (Å²) in [6.45, 7) is 5.34. The van der Waals surface area contributed by atoms with Crippen LogP contribution in [-0.4, -0.2) is 38.1 Å². The highest BCUT2D eigenvalue weighted by atomic mass is 16.5. The van der Waals surface area contributed by atoms with Crippen molar-refractivity contribution in [2.45, 2.75) is 19.9 Å². The molecule has 130 valence electrons. The lowest BCUT2D eigenvalue weighted by atomic mass is 10.1. The predicted octanol–water partition coefficient (Wildman–Crippen LogP) is 3.35.